The highest BCUT2D eigenvalue weighted by Gasteiger charge is 2.21. The number of halogens is 1. The molecule has 8 heteroatoms. The van der Waals surface area contributed by atoms with E-state index in [0.717, 1.165) is 22.6 Å². The molecule has 7 nitrogen and oxygen atoms in total. The van der Waals surface area contributed by atoms with Gasteiger partial charge in [-0.25, -0.2) is 19.3 Å². The number of ether oxygens (including phenoxy) is 1. The summed E-state index contributed by atoms with van der Waals surface area (Å²) < 4.78 is 20.4. The molecule has 0 radical (unpaired) electrons. The van der Waals surface area contributed by atoms with Gasteiger partial charge in [-0.2, -0.15) is 0 Å². The Labute approximate surface area is 191 Å². The smallest absolute Gasteiger partial charge is 0.228 e. The van der Waals surface area contributed by atoms with Crippen molar-refractivity contribution in [2.24, 2.45) is 0 Å². The van der Waals surface area contributed by atoms with Crippen LogP contribution in [0.5, 0.6) is 5.75 Å². The van der Waals surface area contributed by atoms with Crippen molar-refractivity contribution in [2.45, 2.75) is 33.0 Å². The number of methoxy groups -OCH3 is 1. The number of aromatic nitrogens is 4. The monoisotopic (exact) mass is 447 g/mol. The standard InChI is InChI=1S/C25H26FN5O2/c1-16-14-31(15-27-16)21-10-9-19(11-22(21)33-4)28-24-29-20(12-23(30-24)25(2,3)32)18-7-5-17(13-26)6-8-18/h5-12,14-15,32H,13H2,1-4H3,(H,28,29,30). The first-order valence-electron chi connectivity index (χ1n) is 10.5. The average molecular weight is 448 g/mol. The average Bonchev–Trinajstić information content (AvgIpc) is 3.24. The van der Waals surface area contributed by atoms with Crippen LogP contribution < -0.4 is 10.1 Å². The van der Waals surface area contributed by atoms with Gasteiger partial charge in [-0.15, -0.1) is 0 Å². The molecule has 2 aromatic heterocycles. The van der Waals surface area contributed by atoms with Crippen molar-refractivity contribution in [1.29, 1.82) is 0 Å². The van der Waals surface area contributed by atoms with E-state index >= 15 is 0 Å². The molecule has 0 amide bonds. The number of rotatable bonds is 7. The number of aryl methyl sites for hydroxylation is 1. The van der Waals surface area contributed by atoms with E-state index in [4.69, 9.17) is 4.74 Å². The molecule has 33 heavy (non-hydrogen) atoms. The number of nitrogens with zero attached hydrogens (tertiary/aromatic N) is 4. The van der Waals surface area contributed by atoms with Gasteiger partial charge in [0.2, 0.25) is 5.95 Å². The van der Waals surface area contributed by atoms with Gasteiger partial charge in [0.1, 0.15) is 18.0 Å². The zero-order valence-electron chi connectivity index (χ0n) is 19.0. The van der Waals surface area contributed by atoms with Crippen molar-refractivity contribution in [1.82, 2.24) is 19.5 Å². The summed E-state index contributed by atoms with van der Waals surface area (Å²) in [5.41, 5.74) is 3.77. The maximum atomic E-state index is 12.9. The molecular formula is C25H26FN5O2. The summed E-state index contributed by atoms with van der Waals surface area (Å²) in [6.45, 7) is 4.73. The summed E-state index contributed by atoms with van der Waals surface area (Å²) in [7, 11) is 1.61. The van der Waals surface area contributed by atoms with Gasteiger partial charge < -0.3 is 19.7 Å². The minimum Gasteiger partial charge on any atom is -0.494 e. The van der Waals surface area contributed by atoms with Crippen LogP contribution in [0.15, 0.2) is 61.1 Å². The van der Waals surface area contributed by atoms with E-state index in [0.29, 0.717) is 28.6 Å². The molecule has 4 rings (SSSR count). The molecule has 2 aromatic carbocycles. The number of hydrogen-bond donors (Lipinski definition) is 2. The lowest BCUT2D eigenvalue weighted by molar-refractivity contribution is 0.0739. The summed E-state index contributed by atoms with van der Waals surface area (Å²) in [4.78, 5) is 13.4. The lowest BCUT2D eigenvalue weighted by Crippen LogP contribution is -2.19. The number of imidazole rings is 1. The Bertz CT molecular complexity index is 1260. The van der Waals surface area contributed by atoms with Gasteiger partial charge in [0.15, 0.2) is 0 Å². The Morgan fingerprint density at radius 2 is 1.85 bits per heavy atom. The second-order valence-corrected chi connectivity index (χ2v) is 8.29. The predicted octanol–water partition coefficient (Wildman–Crippen LogP) is 5.09. The molecule has 0 saturated carbocycles. The summed E-state index contributed by atoms with van der Waals surface area (Å²) in [6, 6.07) is 14.4. The normalized spacial score (nSPS) is 11.5. The zero-order valence-corrected chi connectivity index (χ0v) is 19.0. The van der Waals surface area contributed by atoms with Crippen LogP contribution in [0, 0.1) is 6.92 Å². The molecule has 2 heterocycles. The Kier molecular flexibility index (Phi) is 6.11. The molecule has 0 fully saturated rings. The fraction of sp³-hybridized carbons (Fsp3) is 0.240. The van der Waals surface area contributed by atoms with Crippen LogP contribution >= 0.6 is 0 Å². The molecular weight excluding hydrogens is 421 g/mol. The first-order valence-corrected chi connectivity index (χ1v) is 10.5. The molecule has 2 N–H and O–H groups in total. The van der Waals surface area contributed by atoms with Crippen molar-refractivity contribution in [3.05, 3.63) is 78.0 Å². The first-order chi connectivity index (χ1) is 15.8. The molecule has 0 bridgehead atoms. The molecule has 0 aliphatic rings. The van der Waals surface area contributed by atoms with Gasteiger partial charge in [-0.3, -0.25) is 0 Å². The summed E-state index contributed by atoms with van der Waals surface area (Å²) in [5, 5.41) is 13.8. The van der Waals surface area contributed by atoms with E-state index < -0.39 is 12.3 Å². The molecule has 0 atom stereocenters. The highest BCUT2D eigenvalue weighted by Crippen LogP contribution is 2.30. The quantitative estimate of drug-likeness (QED) is 0.411. The summed E-state index contributed by atoms with van der Waals surface area (Å²) in [6.07, 6.45) is 3.65. The van der Waals surface area contributed by atoms with Crippen molar-refractivity contribution in [2.75, 3.05) is 12.4 Å². The largest absolute Gasteiger partial charge is 0.494 e. The topological polar surface area (TPSA) is 85.1 Å². The second kappa shape index (κ2) is 8.99. The SMILES string of the molecule is COc1cc(Nc2nc(-c3ccc(CF)cc3)cc(C(C)(C)O)n2)ccc1-n1cnc(C)c1. The number of aliphatic hydroxyl groups is 1. The Morgan fingerprint density at radius 1 is 1.09 bits per heavy atom. The van der Waals surface area contributed by atoms with Crippen LogP contribution in [-0.4, -0.2) is 31.7 Å². The van der Waals surface area contributed by atoms with Gasteiger partial charge in [0, 0.05) is 23.5 Å². The van der Waals surface area contributed by atoms with E-state index in [1.165, 1.54) is 0 Å². The second-order valence-electron chi connectivity index (χ2n) is 8.29. The number of nitrogens with one attached hydrogen (secondary N) is 1. The van der Waals surface area contributed by atoms with Crippen LogP contribution in [0.25, 0.3) is 16.9 Å². The number of benzene rings is 2. The lowest BCUT2D eigenvalue weighted by Gasteiger charge is -2.19. The van der Waals surface area contributed by atoms with Gasteiger partial charge >= 0.3 is 0 Å². The van der Waals surface area contributed by atoms with Crippen molar-refractivity contribution < 1.29 is 14.2 Å². The van der Waals surface area contributed by atoms with Crippen molar-refractivity contribution >= 4 is 11.6 Å². The lowest BCUT2D eigenvalue weighted by atomic mass is 10.0. The van der Waals surface area contributed by atoms with Crippen LogP contribution in [0.2, 0.25) is 0 Å². The molecule has 0 saturated heterocycles. The first kappa shape index (κ1) is 22.4. The van der Waals surface area contributed by atoms with E-state index in [9.17, 15) is 9.50 Å². The highest BCUT2D eigenvalue weighted by atomic mass is 19.1. The third-order valence-electron chi connectivity index (χ3n) is 5.18. The van der Waals surface area contributed by atoms with E-state index in [1.54, 1.807) is 57.6 Å². The van der Waals surface area contributed by atoms with E-state index in [1.807, 2.05) is 35.9 Å². The van der Waals surface area contributed by atoms with Gasteiger partial charge in [-0.1, -0.05) is 24.3 Å². The molecule has 170 valence electrons. The summed E-state index contributed by atoms with van der Waals surface area (Å²) in [5.74, 6) is 0.977. The maximum absolute atomic E-state index is 12.9. The molecule has 0 spiro atoms. The van der Waals surface area contributed by atoms with Crippen LogP contribution in [-0.2, 0) is 12.3 Å². The van der Waals surface area contributed by atoms with E-state index in [2.05, 4.69) is 20.3 Å². The minimum atomic E-state index is -1.17. The predicted molar refractivity (Wildman–Crippen MR) is 126 cm³/mol. The number of anilines is 2. The maximum Gasteiger partial charge on any atom is 0.228 e. The molecule has 0 aliphatic heterocycles. The third kappa shape index (κ3) is 5.01. The number of alkyl halides is 1. The molecule has 4 aromatic rings. The van der Waals surface area contributed by atoms with Crippen LogP contribution in [0.1, 0.15) is 30.8 Å². The van der Waals surface area contributed by atoms with Crippen LogP contribution in [0.3, 0.4) is 0 Å². The third-order valence-corrected chi connectivity index (χ3v) is 5.18. The number of hydrogen-bond acceptors (Lipinski definition) is 6. The Hall–Kier alpha value is -3.78. The minimum absolute atomic E-state index is 0.326. The summed E-state index contributed by atoms with van der Waals surface area (Å²) >= 11 is 0. The zero-order chi connectivity index (χ0) is 23.6. The fourth-order valence-corrected chi connectivity index (χ4v) is 3.38. The highest BCUT2D eigenvalue weighted by molar-refractivity contribution is 5.65. The molecule has 0 unspecified atom stereocenters. The van der Waals surface area contributed by atoms with Crippen LogP contribution in [0.4, 0.5) is 16.0 Å². The van der Waals surface area contributed by atoms with Crippen molar-refractivity contribution in [3.8, 4) is 22.7 Å². The Morgan fingerprint density at radius 3 is 2.45 bits per heavy atom. The van der Waals surface area contributed by atoms with Crippen molar-refractivity contribution in [3.63, 3.8) is 0 Å². The van der Waals surface area contributed by atoms with Gasteiger partial charge in [0.25, 0.3) is 0 Å². The van der Waals surface area contributed by atoms with E-state index in [-0.39, 0.29) is 0 Å². The fourth-order valence-electron chi connectivity index (χ4n) is 3.38. The molecule has 0 aliphatic carbocycles. The Balaban J connectivity index is 1.71. The van der Waals surface area contributed by atoms with Gasteiger partial charge in [-0.05, 0) is 44.5 Å². The van der Waals surface area contributed by atoms with Gasteiger partial charge in [0.05, 0.1) is 36.2 Å².